The second-order valence-corrected chi connectivity index (χ2v) is 9.79. The van der Waals surface area contributed by atoms with Crippen LogP contribution in [0.15, 0.2) is 85.0 Å². The third kappa shape index (κ3) is 9.38. The monoisotopic (exact) mass is 565 g/mol. The number of hydrogen-bond donors (Lipinski definition) is 2. The Hall–Kier alpha value is -4.33. The number of ether oxygens (including phenoxy) is 1. The van der Waals surface area contributed by atoms with Crippen molar-refractivity contribution in [3.8, 4) is 16.9 Å². The fraction of sp³-hybridized carbons (Fsp3) is 0.273. The topological polar surface area (TPSA) is 75.6 Å². The SMILES string of the molecule is C=CCC(=CCCc1ccc(C(=O)NCCC(=O)O)cc1)COc1cc(C)c(-c2ccc(C(F)(F)F)cc2)c(C)c1. The zero-order valence-corrected chi connectivity index (χ0v) is 23.2. The Kier molecular flexibility index (Phi) is 10.9. The van der Waals surface area contributed by atoms with E-state index in [0.29, 0.717) is 24.3 Å². The summed E-state index contributed by atoms with van der Waals surface area (Å²) in [6.07, 6.45) is 1.63. The van der Waals surface area contributed by atoms with Crippen LogP contribution in [0.5, 0.6) is 5.75 Å². The number of hydrogen-bond acceptors (Lipinski definition) is 3. The highest BCUT2D eigenvalue weighted by Gasteiger charge is 2.30. The van der Waals surface area contributed by atoms with E-state index in [9.17, 15) is 22.8 Å². The van der Waals surface area contributed by atoms with Crippen LogP contribution in [-0.2, 0) is 17.4 Å². The molecule has 0 saturated carbocycles. The molecule has 0 bridgehead atoms. The van der Waals surface area contributed by atoms with Crippen LogP contribution in [-0.4, -0.2) is 30.1 Å². The minimum absolute atomic E-state index is 0.0807. The summed E-state index contributed by atoms with van der Waals surface area (Å²) in [6.45, 7) is 8.12. The molecule has 2 N–H and O–H groups in total. The van der Waals surface area contributed by atoms with Gasteiger partial charge in [-0.05, 0) is 103 Å². The van der Waals surface area contributed by atoms with Crippen LogP contribution < -0.4 is 10.1 Å². The molecule has 3 aromatic rings. The average molecular weight is 566 g/mol. The third-order valence-corrected chi connectivity index (χ3v) is 6.54. The van der Waals surface area contributed by atoms with Crippen molar-refractivity contribution in [3.63, 3.8) is 0 Å². The predicted molar refractivity (Wildman–Crippen MR) is 154 cm³/mol. The van der Waals surface area contributed by atoms with Crippen LogP contribution in [0.3, 0.4) is 0 Å². The number of allylic oxidation sites excluding steroid dienone is 2. The molecule has 0 radical (unpaired) electrons. The normalized spacial score (nSPS) is 11.7. The number of rotatable bonds is 13. The standard InChI is InChI=1S/C33H34F3NO4/c1-4-6-25(8-5-7-24-9-11-27(12-10-24)32(40)37-18-17-30(38)39)21-41-29-19-22(2)31(23(3)20-29)26-13-15-28(16-14-26)33(34,35)36/h4,8-16,19-20H,1,5-7,17-18,21H2,2-3H3,(H,37,40)(H,38,39). The van der Waals surface area contributed by atoms with Gasteiger partial charge < -0.3 is 15.2 Å². The zero-order valence-electron chi connectivity index (χ0n) is 23.2. The molecule has 3 aromatic carbocycles. The maximum Gasteiger partial charge on any atom is 0.416 e. The van der Waals surface area contributed by atoms with E-state index < -0.39 is 17.7 Å². The van der Waals surface area contributed by atoms with Crippen molar-refractivity contribution in [2.75, 3.05) is 13.2 Å². The minimum Gasteiger partial charge on any atom is -0.489 e. The number of alkyl halides is 3. The number of carbonyl (C=O) groups is 2. The molecule has 0 aliphatic rings. The molecule has 3 rings (SSSR count). The lowest BCUT2D eigenvalue weighted by Crippen LogP contribution is -2.25. The largest absolute Gasteiger partial charge is 0.489 e. The summed E-state index contributed by atoms with van der Waals surface area (Å²) in [7, 11) is 0. The quantitative estimate of drug-likeness (QED) is 0.208. The van der Waals surface area contributed by atoms with Crippen molar-refractivity contribution in [1.82, 2.24) is 5.32 Å². The summed E-state index contributed by atoms with van der Waals surface area (Å²) in [5.41, 5.74) is 5.36. The van der Waals surface area contributed by atoms with Crippen molar-refractivity contribution in [3.05, 3.63) is 113 Å². The number of carboxylic acids is 1. The summed E-state index contributed by atoms with van der Waals surface area (Å²) >= 11 is 0. The molecule has 0 atom stereocenters. The van der Waals surface area contributed by atoms with Gasteiger partial charge in [-0.15, -0.1) is 6.58 Å². The Morgan fingerprint density at radius 1 is 1.00 bits per heavy atom. The highest BCUT2D eigenvalue weighted by Crippen LogP contribution is 2.34. The second-order valence-electron chi connectivity index (χ2n) is 9.79. The van der Waals surface area contributed by atoms with E-state index in [1.54, 1.807) is 12.1 Å². The number of carboxylic acid groups (broad SMARTS) is 1. The van der Waals surface area contributed by atoms with E-state index in [1.807, 2.05) is 44.2 Å². The summed E-state index contributed by atoms with van der Waals surface area (Å²) in [5, 5.41) is 11.3. The van der Waals surface area contributed by atoms with Gasteiger partial charge in [-0.25, -0.2) is 0 Å². The van der Waals surface area contributed by atoms with E-state index in [0.717, 1.165) is 58.4 Å². The summed E-state index contributed by atoms with van der Waals surface area (Å²) < 4.78 is 44.9. The summed E-state index contributed by atoms with van der Waals surface area (Å²) in [5.74, 6) is -0.585. The van der Waals surface area contributed by atoms with Crippen molar-refractivity contribution < 1.29 is 32.6 Å². The third-order valence-electron chi connectivity index (χ3n) is 6.54. The van der Waals surface area contributed by atoms with Crippen LogP contribution in [0.2, 0.25) is 0 Å². The Morgan fingerprint density at radius 3 is 2.20 bits per heavy atom. The first kappa shape index (κ1) is 31.2. The smallest absolute Gasteiger partial charge is 0.416 e. The van der Waals surface area contributed by atoms with Gasteiger partial charge in [0.1, 0.15) is 12.4 Å². The molecular weight excluding hydrogens is 531 g/mol. The summed E-state index contributed by atoms with van der Waals surface area (Å²) in [6, 6.07) is 16.2. The number of carbonyl (C=O) groups excluding carboxylic acids is 1. The van der Waals surface area contributed by atoms with Crippen LogP contribution in [0, 0.1) is 13.8 Å². The van der Waals surface area contributed by atoms with Crippen LogP contribution in [0.4, 0.5) is 13.2 Å². The molecule has 8 heteroatoms. The molecule has 5 nitrogen and oxygen atoms in total. The molecule has 0 aliphatic carbocycles. The number of amides is 1. The second kappa shape index (κ2) is 14.3. The number of benzene rings is 3. The molecule has 1 amide bonds. The van der Waals surface area contributed by atoms with Crippen LogP contribution >= 0.6 is 0 Å². The van der Waals surface area contributed by atoms with Crippen molar-refractivity contribution >= 4 is 11.9 Å². The fourth-order valence-corrected chi connectivity index (χ4v) is 4.50. The Balaban J connectivity index is 1.59. The highest BCUT2D eigenvalue weighted by atomic mass is 19.4. The van der Waals surface area contributed by atoms with Crippen molar-refractivity contribution in [2.45, 2.75) is 45.7 Å². The van der Waals surface area contributed by atoms with Crippen molar-refractivity contribution in [2.24, 2.45) is 0 Å². The first-order valence-corrected chi connectivity index (χ1v) is 13.3. The molecule has 0 spiro atoms. The first-order chi connectivity index (χ1) is 19.5. The van der Waals surface area contributed by atoms with E-state index in [-0.39, 0.29) is 18.9 Å². The lowest BCUT2D eigenvalue weighted by molar-refractivity contribution is -0.138. The van der Waals surface area contributed by atoms with Gasteiger partial charge in [0.15, 0.2) is 0 Å². The van der Waals surface area contributed by atoms with Gasteiger partial charge in [0.05, 0.1) is 12.0 Å². The molecule has 216 valence electrons. The number of aliphatic carboxylic acids is 1. The molecule has 0 fully saturated rings. The Morgan fingerprint density at radius 2 is 1.63 bits per heavy atom. The zero-order chi connectivity index (χ0) is 30.0. The van der Waals surface area contributed by atoms with Gasteiger partial charge in [0, 0.05) is 12.1 Å². The molecule has 0 heterocycles. The lowest BCUT2D eigenvalue weighted by atomic mass is 9.94. The Bertz CT molecular complexity index is 1370. The van der Waals surface area contributed by atoms with Gasteiger partial charge in [-0.2, -0.15) is 13.2 Å². The van der Waals surface area contributed by atoms with Gasteiger partial charge >= 0.3 is 12.1 Å². The molecule has 0 saturated heterocycles. The van der Waals surface area contributed by atoms with Crippen LogP contribution in [0.1, 0.15) is 51.9 Å². The molecule has 41 heavy (non-hydrogen) atoms. The van der Waals surface area contributed by atoms with E-state index in [1.165, 1.54) is 12.1 Å². The van der Waals surface area contributed by atoms with Crippen molar-refractivity contribution in [1.29, 1.82) is 0 Å². The van der Waals surface area contributed by atoms with E-state index >= 15 is 0 Å². The van der Waals surface area contributed by atoms with Gasteiger partial charge in [-0.1, -0.05) is 36.4 Å². The molecule has 0 aliphatic heterocycles. The number of halogens is 3. The average Bonchev–Trinajstić information content (AvgIpc) is 2.91. The summed E-state index contributed by atoms with van der Waals surface area (Å²) in [4.78, 5) is 22.7. The maximum absolute atomic E-state index is 12.9. The van der Waals surface area contributed by atoms with Gasteiger partial charge in [0.25, 0.3) is 5.91 Å². The Labute approximate surface area is 238 Å². The molecule has 0 aromatic heterocycles. The minimum atomic E-state index is -4.37. The number of nitrogens with one attached hydrogen (secondary N) is 1. The first-order valence-electron chi connectivity index (χ1n) is 13.3. The van der Waals surface area contributed by atoms with Crippen LogP contribution in [0.25, 0.3) is 11.1 Å². The fourth-order valence-electron chi connectivity index (χ4n) is 4.50. The molecular formula is C33H34F3NO4. The lowest BCUT2D eigenvalue weighted by Gasteiger charge is -2.15. The van der Waals surface area contributed by atoms with E-state index in [2.05, 4.69) is 18.0 Å². The highest BCUT2D eigenvalue weighted by molar-refractivity contribution is 5.94. The maximum atomic E-state index is 12.9. The molecule has 0 unspecified atom stereocenters. The van der Waals surface area contributed by atoms with Gasteiger partial charge in [-0.3, -0.25) is 9.59 Å². The van der Waals surface area contributed by atoms with Gasteiger partial charge in [0.2, 0.25) is 0 Å². The predicted octanol–water partition coefficient (Wildman–Crippen LogP) is 7.71. The number of aryl methyl sites for hydroxylation is 3. The van der Waals surface area contributed by atoms with E-state index in [4.69, 9.17) is 9.84 Å².